The molecule has 29 heavy (non-hydrogen) atoms. The maximum Gasteiger partial charge on any atom is 0.349 e. The predicted molar refractivity (Wildman–Crippen MR) is 112 cm³/mol. The zero-order valence-electron chi connectivity index (χ0n) is 16.0. The third-order valence-electron chi connectivity index (χ3n) is 4.73. The van der Waals surface area contributed by atoms with Crippen LogP contribution in [-0.2, 0) is 22.6 Å². The highest BCUT2D eigenvalue weighted by atomic mass is 32.1. The third-order valence-corrected chi connectivity index (χ3v) is 5.92. The van der Waals surface area contributed by atoms with Crippen molar-refractivity contribution < 1.29 is 19.1 Å². The zero-order valence-corrected chi connectivity index (χ0v) is 16.8. The summed E-state index contributed by atoms with van der Waals surface area (Å²) in [6.07, 6.45) is -0.134. The van der Waals surface area contributed by atoms with Crippen LogP contribution in [0.3, 0.4) is 0 Å². The number of fused-ring (bicyclic) bond motifs is 3. The molecule has 4 rings (SSSR count). The topological polar surface area (TPSA) is 64.6 Å². The van der Waals surface area contributed by atoms with Crippen LogP contribution in [0.2, 0.25) is 0 Å². The van der Waals surface area contributed by atoms with Gasteiger partial charge < -0.3 is 14.8 Å². The molecular formula is C23H21NO4S. The van der Waals surface area contributed by atoms with Crippen molar-refractivity contribution in [3.05, 3.63) is 76.7 Å². The SMILES string of the molecule is C[C@H](OC(=O)c1cc2c(s1)-c1ccccc1OC2)C(=O)NCCc1ccccc1. The maximum absolute atomic E-state index is 12.6. The molecule has 1 N–H and O–H groups in total. The van der Waals surface area contributed by atoms with Gasteiger partial charge in [-0.25, -0.2) is 4.79 Å². The number of carbonyl (C=O) groups excluding carboxylic acids is 2. The van der Waals surface area contributed by atoms with Gasteiger partial charge in [-0.2, -0.15) is 0 Å². The summed E-state index contributed by atoms with van der Waals surface area (Å²) in [5.74, 6) is 0.0183. The molecule has 1 atom stereocenters. The lowest BCUT2D eigenvalue weighted by atomic mass is 10.1. The minimum atomic E-state index is -0.860. The maximum atomic E-state index is 12.6. The number of para-hydroxylation sites is 1. The molecule has 1 aliphatic heterocycles. The lowest BCUT2D eigenvalue weighted by molar-refractivity contribution is -0.129. The van der Waals surface area contributed by atoms with Gasteiger partial charge in [0.05, 0.1) is 0 Å². The Kier molecular flexibility index (Phi) is 5.62. The van der Waals surface area contributed by atoms with E-state index in [-0.39, 0.29) is 5.91 Å². The molecule has 2 aromatic carbocycles. The molecule has 0 aliphatic carbocycles. The van der Waals surface area contributed by atoms with Gasteiger partial charge in [0, 0.05) is 22.5 Å². The van der Waals surface area contributed by atoms with Gasteiger partial charge in [0.15, 0.2) is 6.10 Å². The fourth-order valence-electron chi connectivity index (χ4n) is 3.19. The van der Waals surface area contributed by atoms with Crippen molar-refractivity contribution in [2.75, 3.05) is 6.54 Å². The summed E-state index contributed by atoms with van der Waals surface area (Å²) in [5, 5.41) is 2.82. The first-order chi connectivity index (χ1) is 14.1. The number of esters is 1. The van der Waals surface area contributed by atoms with E-state index >= 15 is 0 Å². The molecule has 0 saturated carbocycles. The molecular weight excluding hydrogens is 386 g/mol. The van der Waals surface area contributed by atoms with E-state index < -0.39 is 12.1 Å². The van der Waals surface area contributed by atoms with Crippen molar-refractivity contribution in [1.82, 2.24) is 5.32 Å². The summed E-state index contributed by atoms with van der Waals surface area (Å²) in [5.41, 5.74) is 3.08. The number of ether oxygens (including phenoxy) is 2. The summed E-state index contributed by atoms with van der Waals surface area (Å²) in [7, 11) is 0. The third kappa shape index (κ3) is 4.32. The zero-order chi connectivity index (χ0) is 20.2. The van der Waals surface area contributed by atoms with Gasteiger partial charge >= 0.3 is 5.97 Å². The average Bonchev–Trinajstić information content (AvgIpc) is 3.19. The molecule has 0 saturated heterocycles. The summed E-state index contributed by atoms with van der Waals surface area (Å²) in [6, 6.07) is 19.4. The summed E-state index contributed by atoms with van der Waals surface area (Å²) in [4.78, 5) is 26.3. The van der Waals surface area contributed by atoms with Crippen LogP contribution in [0.4, 0.5) is 0 Å². The number of nitrogens with one attached hydrogen (secondary N) is 1. The molecule has 6 heteroatoms. The Balaban J connectivity index is 1.35. The van der Waals surface area contributed by atoms with E-state index in [9.17, 15) is 9.59 Å². The fraction of sp³-hybridized carbons (Fsp3) is 0.217. The van der Waals surface area contributed by atoms with E-state index in [2.05, 4.69) is 5.32 Å². The van der Waals surface area contributed by atoms with Crippen LogP contribution >= 0.6 is 11.3 Å². The van der Waals surface area contributed by atoms with E-state index in [1.54, 1.807) is 13.0 Å². The van der Waals surface area contributed by atoms with Gasteiger partial charge in [-0.3, -0.25) is 4.79 Å². The summed E-state index contributed by atoms with van der Waals surface area (Å²) >= 11 is 1.37. The number of rotatable bonds is 6. The summed E-state index contributed by atoms with van der Waals surface area (Å²) in [6.45, 7) is 2.50. The standard InChI is InChI=1S/C23H21NO4S/c1-15(22(25)24-12-11-16-7-3-2-4-8-16)28-23(26)20-13-17-14-27-19-10-6-5-9-18(19)21(17)29-20/h2-10,13,15H,11-12,14H2,1H3,(H,24,25)/t15-/m0/s1. The molecule has 0 spiro atoms. The predicted octanol–water partition coefficient (Wildman–Crippen LogP) is 4.21. The Hall–Kier alpha value is -3.12. The van der Waals surface area contributed by atoms with Gasteiger partial charge in [-0.05, 0) is 37.1 Å². The van der Waals surface area contributed by atoms with Gasteiger partial charge in [0.2, 0.25) is 0 Å². The lowest BCUT2D eigenvalue weighted by Gasteiger charge is -2.16. The monoisotopic (exact) mass is 407 g/mol. The van der Waals surface area contributed by atoms with Crippen LogP contribution in [0.15, 0.2) is 60.7 Å². The van der Waals surface area contributed by atoms with E-state index in [0.29, 0.717) is 18.0 Å². The quantitative estimate of drug-likeness (QED) is 0.622. The highest BCUT2D eigenvalue weighted by Gasteiger charge is 2.25. The van der Waals surface area contributed by atoms with Gasteiger partial charge in [0.1, 0.15) is 17.2 Å². The molecule has 5 nitrogen and oxygen atoms in total. The first kappa shape index (κ1) is 19.2. The van der Waals surface area contributed by atoms with Gasteiger partial charge in [-0.15, -0.1) is 11.3 Å². The number of benzene rings is 2. The van der Waals surface area contributed by atoms with Crippen molar-refractivity contribution in [2.45, 2.75) is 26.1 Å². The fourth-order valence-corrected chi connectivity index (χ4v) is 4.27. The average molecular weight is 407 g/mol. The van der Waals surface area contributed by atoms with Crippen molar-refractivity contribution >= 4 is 23.2 Å². The first-order valence-electron chi connectivity index (χ1n) is 9.49. The molecule has 148 valence electrons. The second-order valence-corrected chi connectivity index (χ2v) is 7.88. The Morgan fingerprint density at radius 2 is 1.90 bits per heavy atom. The number of carbonyl (C=O) groups is 2. The molecule has 0 unspecified atom stereocenters. The Morgan fingerprint density at radius 3 is 2.72 bits per heavy atom. The van der Waals surface area contributed by atoms with Crippen LogP contribution in [0.1, 0.15) is 27.7 Å². The normalized spacial score (nSPS) is 12.9. The van der Waals surface area contributed by atoms with Gasteiger partial charge in [0.25, 0.3) is 5.91 Å². The molecule has 0 bridgehead atoms. The minimum Gasteiger partial charge on any atom is -0.488 e. The van der Waals surface area contributed by atoms with Crippen LogP contribution < -0.4 is 10.1 Å². The summed E-state index contributed by atoms with van der Waals surface area (Å²) < 4.78 is 11.1. The van der Waals surface area contributed by atoms with Crippen LogP contribution in [0, 0.1) is 0 Å². The van der Waals surface area contributed by atoms with Crippen molar-refractivity contribution in [3.63, 3.8) is 0 Å². The first-order valence-corrected chi connectivity index (χ1v) is 10.3. The molecule has 3 aromatic rings. The second kappa shape index (κ2) is 8.49. The van der Waals surface area contributed by atoms with Crippen LogP contribution in [0.25, 0.3) is 10.4 Å². The van der Waals surface area contributed by atoms with E-state index in [1.807, 2.05) is 54.6 Å². The molecule has 1 aromatic heterocycles. The molecule has 2 heterocycles. The highest BCUT2D eigenvalue weighted by molar-refractivity contribution is 7.17. The van der Waals surface area contributed by atoms with Crippen LogP contribution in [0.5, 0.6) is 5.75 Å². The Labute approximate surface area is 173 Å². The lowest BCUT2D eigenvalue weighted by Crippen LogP contribution is -2.36. The molecule has 0 radical (unpaired) electrons. The van der Waals surface area contributed by atoms with Crippen LogP contribution in [-0.4, -0.2) is 24.5 Å². The second-order valence-electron chi connectivity index (χ2n) is 6.82. The highest BCUT2D eigenvalue weighted by Crippen LogP contribution is 2.42. The number of thiophene rings is 1. The number of hydrogen-bond donors (Lipinski definition) is 1. The minimum absolute atomic E-state index is 0.302. The number of amides is 1. The van der Waals surface area contributed by atoms with E-state index in [4.69, 9.17) is 9.47 Å². The van der Waals surface area contributed by atoms with Crippen molar-refractivity contribution in [2.24, 2.45) is 0 Å². The van der Waals surface area contributed by atoms with Crippen molar-refractivity contribution in [1.29, 1.82) is 0 Å². The molecule has 1 aliphatic rings. The Morgan fingerprint density at radius 1 is 1.14 bits per heavy atom. The molecule has 1 amide bonds. The van der Waals surface area contributed by atoms with Gasteiger partial charge in [-0.1, -0.05) is 42.5 Å². The van der Waals surface area contributed by atoms with Crippen molar-refractivity contribution in [3.8, 4) is 16.2 Å². The Bertz CT molecular complexity index is 1030. The van der Waals surface area contributed by atoms with E-state index in [1.165, 1.54) is 11.3 Å². The molecule has 0 fully saturated rings. The van der Waals surface area contributed by atoms with E-state index in [0.717, 1.165) is 33.7 Å². The number of hydrogen-bond acceptors (Lipinski definition) is 5. The smallest absolute Gasteiger partial charge is 0.349 e. The largest absolute Gasteiger partial charge is 0.488 e.